The Labute approximate surface area is 88.8 Å². The van der Waals surface area contributed by atoms with Gasteiger partial charge in [0.1, 0.15) is 0 Å². The van der Waals surface area contributed by atoms with Gasteiger partial charge in [-0.15, -0.1) is 0 Å². The number of allylic oxidation sites excluding steroid dienone is 1. The Bertz CT molecular complexity index is 310. The summed E-state index contributed by atoms with van der Waals surface area (Å²) < 4.78 is 0. The fourth-order valence-electron chi connectivity index (χ4n) is 1.36. The number of urea groups is 1. The first-order valence-electron chi connectivity index (χ1n) is 4.86. The van der Waals surface area contributed by atoms with E-state index in [1.54, 1.807) is 11.1 Å². The summed E-state index contributed by atoms with van der Waals surface area (Å²) in [5.41, 5.74) is 0.833. The Morgan fingerprint density at radius 1 is 1.67 bits per heavy atom. The van der Waals surface area contributed by atoms with Crippen molar-refractivity contribution in [2.75, 3.05) is 6.54 Å². The van der Waals surface area contributed by atoms with Crippen LogP contribution in [0.5, 0.6) is 0 Å². The van der Waals surface area contributed by atoms with Gasteiger partial charge in [-0.3, -0.25) is 15.0 Å². The highest BCUT2D eigenvalue weighted by atomic mass is 16.2. The van der Waals surface area contributed by atoms with Crippen LogP contribution in [0.15, 0.2) is 24.7 Å². The largest absolute Gasteiger partial charge is 0.367 e. The summed E-state index contributed by atoms with van der Waals surface area (Å²) in [6.45, 7) is 5.89. The van der Waals surface area contributed by atoms with Crippen molar-refractivity contribution in [2.24, 2.45) is 0 Å². The molecule has 1 fully saturated rings. The number of carbonyl (C=O) groups is 2. The lowest BCUT2D eigenvalue weighted by atomic mass is 10.2. The Balaban J connectivity index is 2.72. The highest BCUT2D eigenvalue weighted by Gasteiger charge is 2.24. The van der Waals surface area contributed by atoms with Crippen LogP contribution in [-0.4, -0.2) is 23.4 Å². The summed E-state index contributed by atoms with van der Waals surface area (Å²) in [6, 6.07) is -0.356. The Kier molecular flexibility index (Phi) is 3.91. The zero-order chi connectivity index (χ0) is 11.3. The average Bonchev–Trinajstić information content (AvgIpc) is 2.21. The number of carbonyl (C=O) groups excluding carboxylic acids is 2. The molecule has 0 bridgehead atoms. The van der Waals surface area contributed by atoms with Crippen LogP contribution in [0, 0.1) is 0 Å². The molecule has 0 aromatic rings. The fourth-order valence-corrected chi connectivity index (χ4v) is 1.36. The highest BCUT2D eigenvalue weighted by molar-refractivity contribution is 5.97. The van der Waals surface area contributed by atoms with E-state index in [4.69, 9.17) is 0 Å². The number of hydrogen-bond donors (Lipinski definition) is 2. The molecule has 2 N–H and O–H groups in total. The minimum atomic E-state index is -0.356. The van der Waals surface area contributed by atoms with Crippen molar-refractivity contribution in [1.29, 1.82) is 0 Å². The molecule has 1 aliphatic heterocycles. The van der Waals surface area contributed by atoms with Crippen molar-refractivity contribution in [1.82, 2.24) is 15.5 Å². The van der Waals surface area contributed by atoms with E-state index >= 15 is 0 Å². The molecule has 0 aliphatic carbocycles. The van der Waals surface area contributed by atoms with E-state index in [0.717, 1.165) is 5.70 Å². The predicted molar refractivity (Wildman–Crippen MR) is 56.6 cm³/mol. The van der Waals surface area contributed by atoms with Crippen LogP contribution in [0.1, 0.15) is 19.8 Å². The van der Waals surface area contributed by atoms with Gasteiger partial charge in [0.15, 0.2) is 0 Å². The first kappa shape index (κ1) is 11.3. The first-order valence-corrected chi connectivity index (χ1v) is 4.86. The maximum absolute atomic E-state index is 11.5. The second-order valence-corrected chi connectivity index (χ2v) is 3.11. The zero-order valence-electron chi connectivity index (χ0n) is 8.75. The molecule has 0 radical (unpaired) electrons. The van der Waals surface area contributed by atoms with Gasteiger partial charge in [-0.1, -0.05) is 13.5 Å². The van der Waals surface area contributed by atoms with Gasteiger partial charge in [0, 0.05) is 24.9 Å². The Hall–Kier alpha value is -1.78. The Morgan fingerprint density at radius 3 is 2.93 bits per heavy atom. The number of amides is 3. The van der Waals surface area contributed by atoms with E-state index in [2.05, 4.69) is 17.2 Å². The second-order valence-electron chi connectivity index (χ2n) is 3.11. The maximum Gasteiger partial charge on any atom is 0.328 e. The van der Waals surface area contributed by atoms with Crippen molar-refractivity contribution >= 4 is 11.9 Å². The molecule has 82 valence electrons. The van der Waals surface area contributed by atoms with Crippen LogP contribution in [-0.2, 0) is 4.79 Å². The minimum Gasteiger partial charge on any atom is -0.367 e. The summed E-state index contributed by atoms with van der Waals surface area (Å²) in [4.78, 5) is 24.0. The molecule has 5 heteroatoms. The third kappa shape index (κ3) is 2.83. The molecule has 0 saturated carbocycles. The monoisotopic (exact) mass is 209 g/mol. The van der Waals surface area contributed by atoms with Crippen LogP contribution in [0.2, 0.25) is 0 Å². The summed E-state index contributed by atoms with van der Waals surface area (Å²) >= 11 is 0. The SMILES string of the molecule is C=CN/C=C(\CC)N1CCC(=O)NC1=O. The third-order valence-corrected chi connectivity index (χ3v) is 2.13. The molecule has 0 aromatic carbocycles. The first-order chi connectivity index (χ1) is 7.19. The number of imide groups is 1. The Morgan fingerprint density at radius 2 is 2.40 bits per heavy atom. The minimum absolute atomic E-state index is 0.219. The maximum atomic E-state index is 11.5. The lowest BCUT2D eigenvalue weighted by Gasteiger charge is -2.28. The summed E-state index contributed by atoms with van der Waals surface area (Å²) in [7, 11) is 0. The van der Waals surface area contributed by atoms with Crippen molar-refractivity contribution in [2.45, 2.75) is 19.8 Å². The van der Waals surface area contributed by atoms with Gasteiger partial charge in [0.05, 0.1) is 0 Å². The molecule has 1 heterocycles. The fraction of sp³-hybridized carbons (Fsp3) is 0.400. The molecule has 1 saturated heterocycles. The normalized spacial score (nSPS) is 17.4. The molecule has 3 amide bonds. The molecule has 0 spiro atoms. The zero-order valence-corrected chi connectivity index (χ0v) is 8.75. The molecular weight excluding hydrogens is 194 g/mol. The van der Waals surface area contributed by atoms with Gasteiger partial charge in [-0.2, -0.15) is 0 Å². The van der Waals surface area contributed by atoms with Gasteiger partial charge < -0.3 is 5.32 Å². The van der Waals surface area contributed by atoms with Crippen molar-refractivity contribution in [3.05, 3.63) is 24.7 Å². The lowest BCUT2D eigenvalue weighted by molar-refractivity contribution is -0.121. The summed E-state index contributed by atoms with van der Waals surface area (Å²) in [6.07, 6.45) is 4.30. The van der Waals surface area contributed by atoms with Crippen LogP contribution >= 0.6 is 0 Å². The van der Waals surface area contributed by atoms with Gasteiger partial charge in [-0.25, -0.2) is 4.79 Å². The lowest BCUT2D eigenvalue weighted by Crippen LogP contribution is -2.48. The van der Waals surface area contributed by atoms with Crippen LogP contribution < -0.4 is 10.6 Å². The number of rotatable bonds is 4. The number of hydrogen-bond acceptors (Lipinski definition) is 3. The molecule has 5 nitrogen and oxygen atoms in total. The molecule has 0 atom stereocenters. The predicted octanol–water partition coefficient (Wildman–Crippen LogP) is 0.913. The van der Waals surface area contributed by atoms with E-state index in [9.17, 15) is 9.59 Å². The third-order valence-electron chi connectivity index (χ3n) is 2.13. The quantitative estimate of drug-likeness (QED) is 0.723. The summed E-state index contributed by atoms with van der Waals surface area (Å²) in [5, 5.41) is 5.10. The molecule has 0 aromatic heterocycles. The average molecular weight is 209 g/mol. The standard InChI is InChI=1S/C10H15N3O2/c1-3-8(7-11-4-2)13-6-5-9(14)12-10(13)15/h4,7,11H,2-3,5-6H2,1H3,(H,12,14,15)/b8-7+. The topological polar surface area (TPSA) is 61.4 Å². The molecular formula is C10H15N3O2. The van der Waals surface area contributed by atoms with Crippen molar-refractivity contribution in [3.63, 3.8) is 0 Å². The van der Waals surface area contributed by atoms with E-state index in [-0.39, 0.29) is 11.9 Å². The van der Waals surface area contributed by atoms with Crippen LogP contribution in [0.25, 0.3) is 0 Å². The van der Waals surface area contributed by atoms with Gasteiger partial charge >= 0.3 is 6.03 Å². The molecule has 1 rings (SSSR count). The van der Waals surface area contributed by atoms with Crippen LogP contribution in [0.3, 0.4) is 0 Å². The number of nitrogens with one attached hydrogen (secondary N) is 2. The van der Waals surface area contributed by atoms with Gasteiger partial charge in [0.25, 0.3) is 0 Å². The highest BCUT2D eigenvalue weighted by Crippen LogP contribution is 2.12. The molecule has 15 heavy (non-hydrogen) atoms. The van der Waals surface area contributed by atoms with E-state index < -0.39 is 0 Å². The van der Waals surface area contributed by atoms with Crippen molar-refractivity contribution < 1.29 is 9.59 Å². The van der Waals surface area contributed by atoms with Crippen molar-refractivity contribution in [3.8, 4) is 0 Å². The van der Waals surface area contributed by atoms with Gasteiger partial charge in [-0.05, 0) is 12.6 Å². The number of nitrogens with zero attached hydrogens (tertiary/aromatic N) is 1. The molecule has 1 aliphatic rings. The second kappa shape index (κ2) is 5.19. The van der Waals surface area contributed by atoms with Crippen LogP contribution in [0.4, 0.5) is 4.79 Å². The van der Waals surface area contributed by atoms with Gasteiger partial charge in [0.2, 0.25) is 5.91 Å². The van der Waals surface area contributed by atoms with E-state index in [1.165, 1.54) is 6.20 Å². The van der Waals surface area contributed by atoms with E-state index in [0.29, 0.717) is 19.4 Å². The van der Waals surface area contributed by atoms with E-state index in [1.807, 2.05) is 6.92 Å². The molecule has 0 unspecified atom stereocenters. The summed E-state index contributed by atoms with van der Waals surface area (Å²) in [5.74, 6) is -0.219. The smallest absolute Gasteiger partial charge is 0.328 e.